The zero-order chi connectivity index (χ0) is 20.3. The van der Waals surface area contributed by atoms with Gasteiger partial charge in [-0.25, -0.2) is 8.42 Å². The highest BCUT2D eigenvalue weighted by molar-refractivity contribution is 9.10. The van der Waals surface area contributed by atoms with Gasteiger partial charge in [-0.1, -0.05) is 41.4 Å². The Hall–Kier alpha value is -2.06. The number of rotatable bonds is 5. The van der Waals surface area contributed by atoms with Crippen LogP contribution in [0.1, 0.15) is 10.4 Å². The van der Waals surface area contributed by atoms with E-state index in [0.717, 1.165) is 0 Å². The molecule has 9 heteroatoms. The first-order valence-corrected chi connectivity index (χ1v) is 10.9. The molecule has 0 aliphatic carbocycles. The Bertz CT molecular complexity index is 1150. The molecule has 0 atom stereocenters. The molecular weight excluding hydrogens is 487 g/mol. The van der Waals surface area contributed by atoms with E-state index in [-0.39, 0.29) is 15.6 Å². The lowest BCUT2D eigenvalue weighted by atomic mass is 10.2. The van der Waals surface area contributed by atoms with Crippen LogP contribution in [0, 0.1) is 0 Å². The summed E-state index contributed by atoms with van der Waals surface area (Å²) in [7, 11) is -3.91. The Balaban J connectivity index is 1.88. The van der Waals surface area contributed by atoms with E-state index in [1.165, 1.54) is 24.3 Å². The minimum absolute atomic E-state index is 0.0562. The fourth-order valence-electron chi connectivity index (χ4n) is 2.37. The molecule has 0 heterocycles. The average Bonchev–Trinajstić information content (AvgIpc) is 2.63. The van der Waals surface area contributed by atoms with Gasteiger partial charge in [0.1, 0.15) is 0 Å². The monoisotopic (exact) mass is 498 g/mol. The largest absolute Gasteiger partial charge is 0.321 e. The molecule has 5 nitrogen and oxygen atoms in total. The van der Waals surface area contributed by atoms with Crippen molar-refractivity contribution in [3.63, 3.8) is 0 Å². The van der Waals surface area contributed by atoms with Crippen molar-refractivity contribution < 1.29 is 13.2 Å². The molecule has 1 amide bonds. The summed E-state index contributed by atoms with van der Waals surface area (Å²) in [5.41, 5.74) is 0.890. The van der Waals surface area contributed by atoms with E-state index in [4.69, 9.17) is 23.2 Å². The van der Waals surface area contributed by atoms with Gasteiger partial charge >= 0.3 is 0 Å². The number of anilines is 2. The predicted octanol–water partition coefficient (Wildman–Crippen LogP) is 5.81. The van der Waals surface area contributed by atoms with E-state index in [0.29, 0.717) is 20.7 Å². The van der Waals surface area contributed by atoms with Crippen LogP contribution >= 0.6 is 39.1 Å². The average molecular weight is 500 g/mol. The van der Waals surface area contributed by atoms with Crippen molar-refractivity contribution >= 4 is 66.4 Å². The van der Waals surface area contributed by atoms with Crippen molar-refractivity contribution in [2.45, 2.75) is 4.90 Å². The standard InChI is InChI=1S/C19H13BrCl2N2O3S/c20-16-7-2-1-6-15(16)19(25)23-18-11-14(8-9-17(18)22)28(26,27)24-13-5-3-4-12(21)10-13/h1-11,24H,(H,23,25). The topological polar surface area (TPSA) is 75.3 Å². The summed E-state index contributed by atoms with van der Waals surface area (Å²) in [6.45, 7) is 0. The number of carbonyl (C=O) groups excluding carboxylic acids is 1. The quantitative estimate of drug-likeness (QED) is 0.465. The molecule has 0 spiro atoms. The molecule has 144 valence electrons. The number of halogens is 3. The van der Waals surface area contributed by atoms with Gasteiger partial charge in [-0.2, -0.15) is 0 Å². The molecule has 0 aliphatic heterocycles. The minimum Gasteiger partial charge on any atom is -0.321 e. The maximum Gasteiger partial charge on any atom is 0.261 e. The molecule has 0 aliphatic rings. The van der Waals surface area contributed by atoms with E-state index in [1.54, 1.807) is 42.5 Å². The number of hydrogen-bond donors (Lipinski definition) is 2. The summed E-state index contributed by atoms with van der Waals surface area (Å²) < 4.78 is 28.4. The van der Waals surface area contributed by atoms with Gasteiger partial charge in [-0.05, 0) is 64.5 Å². The Kier molecular flexibility index (Phi) is 6.30. The summed E-state index contributed by atoms with van der Waals surface area (Å²) in [6, 6.07) is 17.2. The van der Waals surface area contributed by atoms with Crippen LogP contribution in [0.2, 0.25) is 10.0 Å². The summed E-state index contributed by atoms with van der Waals surface area (Å²) in [5.74, 6) is -0.424. The highest BCUT2D eigenvalue weighted by Crippen LogP contribution is 2.28. The van der Waals surface area contributed by atoms with Gasteiger partial charge in [0, 0.05) is 9.50 Å². The summed E-state index contributed by atoms with van der Waals surface area (Å²) >= 11 is 15.3. The molecule has 3 aromatic carbocycles. The second kappa shape index (κ2) is 8.53. The maximum atomic E-state index is 12.7. The first-order valence-electron chi connectivity index (χ1n) is 7.90. The first kappa shape index (κ1) is 20.7. The van der Waals surface area contributed by atoms with Gasteiger partial charge in [0.2, 0.25) is 0 Å². The molecular formula is C19H13BrCl2N2O3S. The Morgan fingerprint density at radius 2 is 1.68 bits per heavy atom. The van der Waals surface area contributed by atoms with E-state index >= 15 is 0 Å². The van der Waals surface area contributed by atoms with E-state index in [9.17, 15) is 13.2 Å². The Morgan fingerprint density at radius 1 is 0.929 bits per heavy atom. The van der Waals surface area contributed by atoms with Gasteiger partial charge in [-0.3, -0.25) is 9.52 Å². The third-order valence-corrected chi connectivity index (χ3v) is 6.33. The molecule has 28 heavy (non-hydrogen) atoms. The Labute approximate surface area is 180 Å². The molecule has 2 N–H and O–H groups in total. The van der Waals surface area contributed by atoms with Crippen LogP contribution in [0.4, 0.5) is 11.4 Å². The van der Waals surface area contributed by atoms with E-state index < -0.39 is 15.9 Å². The Morgan fingerprint density at radius 3 is 2.39 bits per heavy atom. The summed E-state index contributed by atoms with van der Waals surface area (Å²) in [6.07, 6.45) is 0. The number of amides is 1. The zero-order valence-electron chi connectivity index (χ0n) is 14.1. The molecule has 0 saturated carbocycles. The molecule has 0 bridgehead atoms. The van der Waals surface area contributed by atoms with Crippen LogP contribution < -0.4 is 10.0 Å². The second-order valence-electron chi connectivity index (χ2n) is 5.69. The SMILES string of the molecule is O=C(Nc1cc(S(=O)(=O)Nc2cccc(Cl)c2)ccc1Cl)c1ccccc1Br. The van der Waals surface area contributed by atoms with Gasteiger partial charge in [0.05, 0.1) is 26.9 Å². The van der Waals surface area contributed by atoms with Crippen molar-refractivity contribution in [3.05, 3.63) is 86.8 Å². The molecule has 0 unspecified atom stereocenters. The summed E-state index contributed by atoms with van der Waals surface area (Å²) in [5, 5.41) is 3.25. The van der Waals surface area contributed by atoms with Crippen LogP contribution in [0.15, 0.2) is 76.1 Å². The minimum atomic E-state index is -3.91. The summed E-state index contributed by atoms with van der Waals surface area (Å²) in [4.78, 5) is 12.4. The highest BCUT2D eigenvalue weighted by atomic mass is 79.9. The third-order valence-electron chi connectivity index (χ3n) is 3.69. The molecule has 3 aromatic rings. The van der Waals surface area contributed by atoms with Gasteiger partial charge in [-0.15, -0.1) is 0 Å². The molecule has 0 radical (unpaired) electrons. The fraction of sp³-hybridized carbons (Fsp3) is 0. The van der Waals surface area contributed by atoms with Crippen molar-refractivity contribution in [1.82, 2.24) is 0 Å². The number of benzene rings is 3. The predicted molar refractivity (Wildman–Crippen MR) is 116 cm³/mol. The van der Waals surface area contributed by atoms with Gasteiger partial charge < -0.3 is 5.32 Å². The first-order chi connectivity index (χ1) is 13.3. The number of sulfonamides is 1. The fourth-order valence-corrected chi connectivity index (χ4v) is 4.26. The van der Waals surface area contributed by atoms with Gasteiger partial charge in [0.15, 0.2) is 0 Å². The van der Waals surface area contributed by atoms with Crippen LogP contribution in [-0.2, 0) is 10.0 Å². The van der Waals surface area contributed by atoms with Crippen LogP contribution in [0.5, 0.6) is 0 Å². The van der Waals surface area contributed by atoms with Crippen molar-refractivity contribution in [3.8, 4) is 0 Å². The lowest BCUT2D eigenvalue weighted by molar-refractivity contribution is 0.102. The van der Waals surface area contributed by atoms with Crippen LogP contribution in [0.25, 0.3) is 0 Å². The zero-order valence-corrected chi connectivity index (χ0v) is 18.0. The normalized spacial score (nSPS) is 11.1. The smallest absolute Gasteiger partial charge is 0.261 e. The van der Waals surface area contributed by atoms with E-state index in [2.05, 4.69) is 26.0 Å². The number of carbonyl (C=O) groups is 1. The van der Waals surface area contributed by atoms with Crippen molar-refractivity contribution in [1.29, 1.82) is 0 Å². The molecule has 3 rings (SSSR count). The lowest BCUT2D eigenvalue weighted by Gasteiger charge is -2.12. The highest BCUT2D eigenvalue weighted by Gasteiger charge is 2.18. The van der Waals surface area contributed by atoms with Gasteiger partial charge in [0.25, 0.3) is 15.9 Å². The van der Waals surface area contributed by atoms with Crippen LogP contribution in [-0.4, -0.2) is 14.3 Å². The lowest BCUT2D eigenvalue weighted by Crippen LogP contribution is -2.15. The molecule has 0 fully saturated rings. The molecule has 0 saturated heterocycles. The number of hydrogen-bond acceptors (Lipinski definition) is 3. The number of nitrogens with one attached hydrogen (secondary N) is 2. The maximum absolute atomic E-state index is 12.7. The van der Waals surface area contributed by atoms with Crippen molar-refractivity contribution in [2.24, 2.45) is 0 Å². The molecule has 0 aromatic heterocycles. The van der Waals surface area contributed by atoms with E-state index in [1.807, 2.05) is 0 Å². The third kappa shape index (κ3) is 4.86. The van der Waals surface area contributed by atoms with Crippen molar-refractivity contribution in [2.75, 3.05) is 10.0 Å². The van der Waals surface area contributed by atoms with Crippen LogP contribution in [0.3, 0.4) is 0 Å². The second-order valence-corrected chi connectivity index (χ2v) is 9.07.